The largest absolute Gasteiger partial charge is 0.334 e. The molecule has 2 aromatic carbocycles. The summed E-state index contributed by atoms with van der Waals surface area (Å²) in [4.78, 5) is 38.4. The zero-order chi connectivity index (χ0) is 19.0. The van der Waals surface area contributed by atoms with Gasteiger partial charge in [-0.1, -0.05) is 23.4 Å². The maximum atomic E-state index is 12.3. The number of fused-ring (bicyclic) bond motifs is 2. The first kappa shape index (κ1) is 16.9. The van der Waals surface area contributed by atoms with E-state index >= 15 is 0 Å². The minimum atomic E-state index is -0.281. The maximum absolute atomic E-state index is 12.3. The number of aryl methyl sites for hydroxylation is 1. The number of benzene rings is 2. The van der Waals surface area contributed by atoms with Crippen molar-refractivity contribution in [3.05, 3.63) is 63.9 Å². The van der Waals surface area contributed by atoms with Crippen LogP contribution in [0.25, 0.3) is 10.9 Å². The summed E-state index contributed by atoms with van der Waals surface area (Å²) in [5.41, 5.74) is 2.38. The molecule has 27 heavy (non-hydrogen) atoms. The van der Waals surface area contributed by atoms with Gasteiger partial charge in [-0.3, -0.25) is 14.4 Å². The monoisotopic (exact) mass is 363 g/mol. The number of hydrogen-bond donors (Lipinski definition) is 1. The number of anilines is 1. The molecule has 136 valence electrons. The van der Waals surface area contributed by atoms with Gasteiger partial charge in [0.1, 0.15) is 5.52 Å². The van der Waals surface area contributed by atoms with Crippen molar-refractivity contribution in [3.63, 3.8) is 0 Å². The van der Waals surface area contributed by atoms with Gasteiger partial charge in [-0.05, 0) is 29.8 Å². The molecule has 1 N–H and O–H groups in total. The number of carbonyl (C=O) groups excluding carboxylic acids is 2. The van der Waals surface area contributed by atoms with E-state index in [4.69, 9.17) is 0 Å². The van der Waals surface area contributed by atoms with E-state index < -0.39 is 0 Å². The Labute approximate surface area is 154 Å². The van der Waals surface area contributed by atoms with Crippen molar-refractivity contribution in [2.75, 3.05) is 11.9 Å². The fourth-order valence-electron chi connectivity index (χ4n) is 3.16. The van der Waals surface area contributed by atoms with Gasteiger partial charge in [0.05, 0.1) is 5.39 Å². The fraction of sp³-hybridized carbons (Fsp3) is 0.211. The van der Waals surface area contributed by atoms with Gasteiger partial charge in [0.25, 0.3) is 11.5 Å². The first-order valence-corrected chi connectivity index (χ1v) is 8.54. The second kappa shape index (κ2) is 6.64. The van der Waals surface area contributed by atoms with Crippen molar-refractivity contribution >= 4 is 28.4 Å². The Morgan fingerprint density at radius 3 is 2.81 bits per heavy atom. The van der Waals surface area contributed by atoms with E-state index in [2.05, 4.69) is 15.6 Å². The third-order valence-electron chi connectivity index (χ3n) is 4.60. The molecule has 8 nitrogen and oxygen atoms in total. The molecule has 2 heterocycles. The molecule has 0 spiro atoms. The van der Waals surface area contributed by atoms with E-state index in [1.165, 1.54) is 7.05 Å². The smallest absolute Gasteiger partial charge is 0.277 e. The SMILES string of the molecule is Cn1nnc2ccc(NC(=O)CCN3Cc4ccccc4C3=O)cc2c1=O. The van der Waals surface area contributed by atoms with Crippen LogP contribution < -0.4 is 10.9 Å². The van der Waals surface area contributed by atoms with Crippen molar-refractivity contribution in [3.8, 4) is 0 Å². The van der Waals surface area contributed by atoms with Crippen LogP contribution >= 0.6 is 0 Å². The lowest BCUT2D eigenvalue weighted by atomic mass is 10.1. The molecule has 0 saturated heterocycles. The molecule has 2 amide bonds. The molecule has 0 saturated carbocycles. The average Bonchev–Trinajstić information content (AvgIpc) is 3.00. The molecule has 1 aliphatic rings. The second-order valence-electron chi connectivity index (χ2n) is 6.43. The molecule has 3 aromatic rings. The van der Waals surface area contributed by atoms with E-state index in [1.54, 1.807) is 29.2 Å². The van der Waals surface area contributed by atoms with Crippen molar-refractivity contribution in [2.45, 2.75) is 13.0 Å². The van der Waals surface area contributed by atoms with Crippen molar-refractivity contribution in [1.29, 1.82) is 0 Å². The van der Waals surface area contributed by atoms with Crippen molar-refractivity contribution in [2.24, 2.45) is 7.05 Å². The molecule has 0 unspecified atom stereocenters. The third-order valence-corrected chi connectivity index (χ3v) is 4.60. The highest BCUT2D eigenvalue weighted by Gasteiger charge is 2.26. The lowest BCUT2D eigenvalue weighted by Crippen LogP contribution is -2.28. The number of nitrogens with zero attached hydrogens (tertiary/aromatic N) is 4. The summed E-state index contributed by atoms with van der Waals surface area (Å²) in [5.74, 6) is -0.275. The molecule has 1 aromatic heterocycles. The van der Waals surface area contributed by atoms with Gasteiger partial charge in [-0.2, -0.15) is 0 Å². The Kier molecular flexibility index (Phi) is 4.15. The summed E-state index contributed by atoms with van der Waals surface area (Å²) >= 11 is 0. The molecular weight excluding hydrogens is 346 g/mol. The third kappa shape index (κ3) is 3.17. The first-order valence-electron chi connectivity index (χ1n) is 8.54. The summed E-state index contributed by atoms with van der Waals surface area (Å²) in [6, 6.07) is 12.4. The molecule has 0 bridgehead atoms. The van der Waals surface area contributed by atoms with Crippen LogP contribution in [0.5, 0.6) is 0 Å². The lowest BCUT2D eigenvalue weighted by Gasteiger charge is -2.15. The van der Waals surface area contributed by atoms with E-state index in [-0.39, 0.29) is 23.8 Å². The van der Waals surface area contributed by atoms with E-state index in [0.29, 0.717) is 35.2 Å². The summed E-state index contributed by atoms with van der Waals surface area (Å²) in [6.07, 6.45) is 0.171. The van der Waals surface area contributed by atoms with Crippen LogP contribution in [0.15, 0.2) is 47.3 Å². The van der Waals surface area contributed by atoms with Crippen molar-refractivity contribution in [1.82, 2.24) is 19.9 Å². The highest BCUT2D eigenvalue weighted by molar-refractivity contribution is 5.99. The minimum Gasteiger partial charge on any atom is -0.334 e. The first-order chi connectivity index (χ1) is 13.0. The Morgan fingerprint density at radius 2 is 2.00 bits per heavy atom. The number of aromatic nitrogens is 3. The van der Waals surface area contributed by atoms with Crippen LogP contribution in [0.2, 0.25) is 0 Å². The Hall–Kier alpha value is -3.55. The van der Waals surface area contributed by atoms with E-state index in [1.807, 2.05) is 18.2 Å². The van der Waals surface area contributed by atoms with Gasteiger partial charge in [-0.25, -0.2) is 4.68 Å². The van der Waals surface area contributed by atoms with Gasteiger partial charge in [0.2, 0.25) is 5.91 Å². The number of amides is 2. The summed E-state index contributed by atoms with van der Waals surface area (Å²) in [6.45, 7) is 0.854. The van der Waals surface area contributed by atoms with Crippen molar-refractivity contribution < 1.29 is 9.59 Å². The van der Waals surface area contributed by atoms with Crippen LogP contribution in [0.3, 0.4) is 0 Å². The zero-order valence-corrected chi connectivity index (χ0v) is 14.7. The number of rotatable bonds is 4. The molecule has 0 aliphatic carbocycles. The van der Waals surface area contributed by atoms with Crippen LogP contribution in [-0.4, -0.2) is 38.3 Å². The lowest BCUT2D eigenvalue weighted by molar-refractivity contribution is -0.116. The minimum absolute atomic E-state index is 0.0498. The molecular formula is C19H17N5O3. The van der Waals surface area contributed by atoms with Crippen LogP contribution in [0, 0.1) is 0 Å². The second-order valence-corrected chi connectivity index (χ2v) is 6.43. The predicted molar refractivity (Wildman–Crippen MR) is 99.2 cm³/mol. The van der Waals surface area contributed by atoms with Crippen LogP contribution in [0.1, 0.15) is 22.3 Å². The Balaban J connectivity index is 1.42. The predicted octanol–water partition coefficient (Wildman–Crippen LogP) is 1.31. The number of carbonyl (C=O) groups is 2. The Morgan fingerprint density at radius 1 is 1.19 bits per heavy atom. The summed E-state index contributed by atoms with van der Waals surface area (Å²) in [7, 11) is 1.52. The number of nitrogens with one attached hydrogen (secondary N) is 1. The van der Waals surface area contributed by atoms with Gasteiger partial charge in [-0.15, -0.1) is 5.10 Å². The highest BCUT2D eigenvalue weighted by Crippen LogP contribution is 2.22. The van der Waals surface area contributed by atoms with Gasteiger partial charge in [0.15, 0.2) is 0 Å². The molecule has 0 atom stereocenters. The van der Waals surface area contributed by atoms with Gasteiger partial charge >= 0.3 is 0 Å². The fourth-order valence-corrected chi connectivity index (χ4v) is 3.16. The van der Waals surface area contributed by atoms with E-state index in [0.717, 1.165) is 10.2 Å². The summed E-state index contributed by atoms with van der Waals surface area (Å²) in [5, 5.41) is 10.8. The highest BCUT2D eigenvalue weighted by atomic mass is 16.2. The topological polar surface area (TPSA) is 97.2 Å². The van der Waals surface area contributed by atoms with Gasteiger partial charge in [0, 0.05) is 37.8 Å². The molecule has 0 fully saturated rings. The Bertz CT molecular complexity index is 1120. The average molecular weight is 363 g/mol. The van der Waals surface area contributed by atoms with Crippen LogP contribution in [-0.2, 0) is 18.4 Å². The molecule has 1 aliphatic heterocycles. The molecule has 0 radical (unpaired) electrons. The zero-order valence-electron chi connectivity index (χ0n) is 14.7. The van der Waals surface area contributed by atoms with Crippen LogP contribution in [0.4, 0.5) is 5.69 Å². The molecule has 8 heteroatoms. The quantitative estimate of drug-likeness (QED) is 0.754. The standard InChI is InChI=1S/C19H17N5O3/c1-23-18(26)15-10-13(6-7-16(15)21-22-23)20-17(25)8-9-24-11-12-4-2-3-5-14(12)19(24)27/h2-7,10H,8-9,11H2,1H3,(H,20,25). The summed E-state index contributed by atoms with van der Waals surface area (Å²) < 4.78 is 1.14. The number of hydrogen-bond acceptors (Lipinski definition) is 5. The van der Waals surface area contributed by atoms with Gasteiger partial charge < -0.3 is 10.2 Å². The van der Waals surface area contributed by atoms with E-state index in [9.17, 15) is 14.4 Å². The maximum Gasteiger partial charge on any atom is 0.277 e. The normalized spacial score (nSPS) is 13.1. The molecule has 4 rings (SSSR count).